The maximum Gasteiger partial charge on any atom is 0.289 e. The van der Waals surface area contributed by atoms with E-state index >= 15 is 0 Å². The number of aryl methyl sites for hydroxylation is 2. The van der Waals surface area contributed by atoms with Crippen LogP contribution in [-0.2, 0) is 6.42 Å². The molecule has 0 bridgehead atoms. The van der Waals surface area contributed by atoms with E-state index in [1.54, 1.807) is 14.2 Å². The zero-order valence-corrected chi connectivity index (χ0v) is 17.9. The van der Waals surface area contributed by atoms with Crippen molar-refractivity contribution in [2.45, 2.75) is 45.1 Å². The average molecular weight is 408 g/mol. The van der Waals surface area contributed by atoms with E-state index in [1.165, 1.54) is 5.56 Å². The van der Waals surface area contributed by atoms with Gasteiger partial charge in [-0.3, -0.25) is 4.79 Å². The summed E-state index contributed by atoms with van der Waals surface area (Å²) in [6.45, 7) is 2.83. The van der Waals surface area contributed by atoms with Crippen molar-refractivity contribution < 1.29 is 18.7 Å². The van der Waals surface area contributed by atoms with Gasteiger partial charge in [-0.2, -0.15) is 0 Å². The second-order valence-electron chi connectivity index (χ2n) is 8.03. The SMILES string of the molecule is COc1ccc(CCC2CCCCN2C(=O)c2cc3cc(C)ccc3o2)cc1OC. The zero-order valence-electron chi connectivity index (χ0n) is 17.9. The summed E-state index contributed by atoms with van der Waals surface area (Å²) >= 11 is 0. The molecule has 1 aromatic heterocycles. The molecule has 1 unspecified atom stereocenters. The Kier molecular flexibility index (Phi) is 5.98. The molecule has 0 N–H and O–H groups in total. The monoisotopic (exact) mass is 407 g/mol. The molecule has 0 radical (unpaired) electrons. The summed E-state index contributed by atoms with van der Waals surface area (Å²) in [6.07, 6.45) is 5.02. The first-order valence-electron chi connectivity index (χ1n) is 10.6. The molecule has 5 heteroatoms. The maximum atomic E-state index is 13.3. The Balaban J connectivity index is 1.49. The third kappa shape index (κ3) is 4.16. The number of rotatable bonds is 6. The third-order valence-electron chi connectivity index (χ3n) is 5.98. The van der Waals surface area contributed by atoms with E-state index in [4.69, 9.17) is 13.9 Å². The summed E-state index contributed by atoms with van der Waals surface area (Å²) in [4.78, 5) is 15.3. The van der Waals surface area contributed by atoms with E-state index in [0.717, 1.165) is 66.7 Å². The van der Waals surface area contributed by atoms with E-state index in [0.29, 0.717) is 5.76 Å². The fourth-order valence-electron chi connectivity index (χ4n) is 4.35. The average Bonchev–Trinajstić information content (AvgIpc) is 3.20. The van der Waals surface area contributed by atoms with E-state index in [-0.39, 0.29) is 11.9 Å². The zero-order chi connectivity index (χ0) is 21.1. The van der Waals surface area contributed by atoms with Crippen LogP contribution < -0.4 is 9.47 Å². The summed E-state index contributed by atoms with van der Waals surface area (Å²) in [7, 11) is 3.29. The molecule has 158 valence electrons. The van der Waals surface area contributed by atoms with Gasteiger partial charge in [0.05, 0.1) is 14.2 Å². The van der Waals surface area contributed by atoms with E-state index in [1.807, 2.05) is 42.2 Å². The Labute approximate surface area is 177 Å². The van der Waals surface area contributed by atoms with Gasteiger partial charge in [-0.25, -0.2) is 0 Å². The molecule has 30 heavy (non-hydrogen) atoms. The summed E-state index contributed by atoms with van der Waals surface area (Å²) < 4.78 is 16.6. The number of nitrogens with zero attached hydrogens (tertiary/aromatic N) is 1. The van der Waals surface area contributed by atoms with E-state index < -0.39 is 0 Å². The molecule has 1 amide bonds. The molecule has 3 aromatic rings. The highest BCUT2D eigenvalue weighted by molar-refractivity contribution is 5.96. The molecule has 0 spiro atoms. The van der Waals surface area contributed by atoms with Crippen LogP contribution in [0.25, 0.3) is 11.0 Å². The Bertz CT molecular complexity index is 1040. The van der Waals surface area contributed by atoms with Gasteiger partial charge in [-0.1, -0.05) is 17.7 Å². The van der Waals surface area contributed by atoms with Crippen molar-refractivity contribution in [1.82, 2.24) is 4.90 Å². The fourth-order valence-corrected chi connectivity index (χ4v) is 4.35. The lowest BCUT2D eigenvalue weighted by Gasteiger charge is -2.35. The Morgan fingerprint density at radius 2 is 1.90 bits per heavy atom. The molecule has 0 aliphatic carbocycles. The first-order chi connectivity index (χ1) is 14.6. The van der Waals surface area contributed by atoms with Crippen molar-refractivity contribution in [3.05, 3.63) is 59.4 Å². The predicted octanol–water partition coefficient (Wildman–Crippen LogP) is 5.39. The molecule has 1 atom stereocenters. The Morgan fingerprint density at radius 3 is 2.70 bits per heavy atom. The number of carbonyl (C=O) groups excluding carboxylic acids is 1. The van der Waals surface area contributed by atoms with Gasteiger partial charge >= 0.3 is 0 Å². The van der Waals surface area contributed by atoms with Crippen LogP contribution >= 0.6 is 0 Å². The number of hydrogen-bond donors (Lipinski definition) is 0. The van der Waals surface area contributed by atoms with Gasteiger partial charge in [0.25, 0.3) is 5.91 Å². The minimum Gasteiger partial charge on any atom is -0.493 e. The van der Waals surface area contributed by atoms with Crippen molar-refractivity contribution in [3.63, 3.8) is 0 Å². The van der Waals surface area contributed by atoms with Gasteiger partial charge in [-0.15, -0.1) is 0 Å². The molecule has 1 fully saturated rings. The first kappa shape index (κ1) is 20.3. The Morgan fingerprint density at radius 1 is 1.07 bits per heavy atom. The summed E-state index contributed by atoms with van der Waals surface area (Å²) in [5.74, 6) is 1.91. The van der Waals surface area contributed by atoms with Crippen LogP contribution in [0.2, 0.25) is 0 Å². The highest BCUT2D eigenvalue weighted by Gasteiger charge is 2.29. The molecule has 0 saturated carbocycles. The maximum absolute atomic E-state index is 13.3. The number of furan rings is 1. The number of benzene rings is 2. The third-order valence-corrected chi connectivity index (χ3v) is 5.98. The second-order valence-corrected chi connectivity index (χ2v) is 8.03. The van der Waals surface area contributed by atoms with Crippen LogP contribution in [0.1, 0.15) is 47.4 Å². The number of hydrogen-bond acceptors (Lipinski definition) is 4. The lowest BCUT2D eigenvalue weighted by Crippen LogP contribution is -2.43. The molecule has 4 rings (SSSR count). The van der Waals surface area contributed by atoms with Gasteiger partial charge in [-0.05, 0) is 74.9 Å². The normalized spacial score (nSPS) is 16.6. The van der Waals surface area contributed by atoms with E-state index in [9.17, 15) is 4.79 Å². The van der Waals surface area contributed by atoms with Gasteiger partial charge in [0, 0.05) is 18.0 Å². The Hall–Kier alpha value is -2.95. The summed E-state index contributed by atoms with van der Waals surface area (Å²) in [6, 6.07) is 14.1. The highest BCUT2D eigenvalue weighted by atomic mass is 16.5. The minimum atomic E-state index is 0.000800. The summed E-state index contributed by atoms with van der Waals surface area (Å²) in [5.41, 5.74) is 3.11. The smallest absolute Gasteiger partial charge is 0.289 e. The molecule has 5 nitrogen and oxygen atoms in total. The lowest BCUT2D eigenvalue weighted by atomic mass is 9.95. The van der Waals surface area contributed by atoms with E-state index in [2.05, 4.69) is 12.1 Å². The molecule has 1 saturated heterocycles. The van der Waals surface area contributed by atoms with Crippen molar-refractivity contribution >= 4 is 16.9 Å². The van der Waals surface area contributed by atoms with Crippen LogP contribution in [0, 0.1) is 6.92 Å². The van der Waals surface area contributed by atoms with Crippen LogP contribution in [0.4, 0.5) is 0 Å². The van der Waals surface area contributed by atoms with Gasteiger partial charge in [0.15, 0.2) is 17.3 Å². The van der Waals surface area contributed by atoms with Crippen molar-refractivity contribution in [1.29, 1.82) is 0 Å². The van der Waals surface area contributed by atoms with Crippen LogP contribution in [0.5, 0.6) is 11.5 Å². The first-order valence-corrected chi connectivity index (χ1v) is 10.6. The number of methoxy groups -OCH3 is 2. The number of carbonyl (C=O) groups is 1. The highest BCUT2D eigenvalue weighted by Crippen LogP contribution is 2.30. The molecule has 1 aliphatic heterocycles. The topological polar surface area (TPSA) is 51.9 Å². The minimum absolute atomic E-state index is 0.000800. The van der Waals surface area contributed by atoms with Gasteiger partial charge in [0.1, 0.15) is 5.58 Å². The number of amides is 1. The molecule has 1 aliphatic rings. The predicted molar refractivity (Wildman–Crippen MR) is 117 cm³/mol. The fraction of sp³-hybridized carbons (Fsp3) is 0.400. The number of piperidine rings is 1. The van der Waals surface area contributed by atoms with Gasteiger partial charge in [0.2, 0.25) is 0 Å². The second kappa shape index (κ2) is 8.82. The molecular weight excluding hydrogens is 378 g/mol. The van der Waals surface area contributed by atoms with Crippen LogP contribution in [0.15, 0.2) is 46.9 Å². The van der Waals surface area contributed by atoms with Gasteiger partial charge < -0.3 is 18.8 Å². The lowest BCUT2D eigenvalue weighted by molar-refractivity contribution is 0.0572. The standard InChI is InChI=1S/C25H29NO4/c1-17-7-11-21-19(14-17)16-24(30-21)25(27)26-13-5-4-6-20(26)10-8-18-9-12-22(28-2)23(15-18)29-3/h7,9,11-12,14-16,20H,4-6,8,10,13H2,1-3H3. The quantitative estimate of drug-likeness (QED) is 0.550. The van der Waals surface area contributed by atoms with Crippen molar-refractivity contribution in [2.24, 2.45) is 0 Å². The molecule has 2 heterocycles. The number of ether oxygens (including phenoxy) is 2. The van der Waals surface area contributed by atoms with Crippen LogP contribution in [-0.4, -0.2) is 37.6 Å². The number of fused-ring (bicyclic) bond motifs is 1. The largest absolute Gasteiger partial charge is 0.493 e. The summed E-state index contributed by atoms with van der Waals surface area (Å²) in [5, 5.41) is 0.984. The molecular formula is C25H29NO4. The van der Waals surface area contributed by atoms with Crippen molar-refractivity contribution in [2.75, 3.05) is 20.8 Å². The number of likely N-dealkylation sites (tertiary alicyclic amines) is 1. The van der Waals surface area contributed by atoms with Crippen molar-refractivity contribution in [3.8, 4) is 11.5 Å². The van der Waals surface area contributed by atoms with Crippen LogP contribution in [0.3, 0.4) is 0 Å². The molecule has 2 aromatic carbocycles.